The van der Waals surface area contributed by atoms with Gasteiger partial charge in [0.2, 0.25) is 0 Å². The minimum atomic E-state index is 0.0866. The first kappa shape index (κ1) is 15.7. The number of nitrogens with zero attached hydrogens (tertiary/aromatic N) is 3. The van der Waals surface area contributed by atoms with Crippen molar-refractivity contribution in [2.45, 2.75) is 51.2 Å². The predicted octanol–water partition coefficient (Wildman–Crippen LogP) is 2.33. The third kappa shape index (κ3) is 3.36. The van der Waals surface area contributed by atoms with Crippen LogP contribution in [-0.2, 0) is 22.6 Å². The quantitative estimate of drug-likeness (QED) is 0.839. The summed E-state index contributed by atoms with van der Waals surface area (Å²) in [6.07, 6.45) is 6.11. The zero-order valence-electron chi connectivity index (χ0n) is 13.9. The molecule has 2 aliphatic heterocycles. The largest absolute Gasteiger partial charge is 0.374 e. The number of aromatic nitrogens is 2. The van der Waals surface area contributed by atoms with Gasteiger partial charge in [-0.05, 0) is 31.4 Å². The van der Waals surface area contributed by atoms with Crippen molar-refractivity contribution in [3.8, 4) is 0 Å². The molecule has 2 saturated heterocycles. The molecule has 4 rings (SSSR count). The highest BCUT2D eigenvalue weighted by molar-refractivity contribution is 5.08. The molecule has 0 aliphatic carbocycles. The van der Waals surface area contributed by atoms with Crippen LogP contribution in [0.5, 0.6) is 0 Å². The van der Waals surface area contributed by atoms with Crippen LogP contribution in [0.2, 0.25) is 0 Å². The van der Waals surface area contributed by atoms with Gasteiger partial charge in [-0.25, -0.2) is 0 Å². The Labute approximate surface area is 141 Å². The lowest BCUT2D eigenvalue weighted by Crippen LogP contribution is -2.41. The first-order valence-electron chi connectivity index (χ1n) is 8.58. The fraction of sp³-hybridized carbons (Fsp3) is 0.556. The van der Waals surface area contributed by atoms with E-state index in [9.17, 15) is 0 Å². The van der Waals surface area contributed by atoms with Crippen molar-refractivity contribution < 1.29 is 14.0 Å². The van der Waals surface area contributed by atoms with Crippen LogP contribution in [0.3, 0.4) is 0 Å². The summed E-state index contributed by atoms with van der Waals surface area (Å²) in [6.45, 7) is 4.97. The van der Waals surface area contributed by atoms with Crippen molar-refractivity contribution in [2.75, 3.05) is 13.2 Å². The van der Waals surface area contributed by atoms with Gasteiger partial charge in [0.05, 0.1) is 18.4 Å². The summed E-state index contributed by atoms with van der Waals surface area (Å²) < 4.78 is 17.4. The zero-order chi connectivity index (χ0) is 16.4. The molecule has 128 valence electrons. The van der Waals surface area contributed by atoms with Crippen LogP contribution in [-0.4, -0.2) is 46.4 Å². The highest BCUT2D eigenvalue weighted by Crippen LogP contribution is 2.32. The van der Waals surface area contributed by atoms with Crippen LogP contribution in [0.15, 0.2) is 35.1 Å². The predicted molar refractivity (Wildman–Crippen MR) is 87.2 cm³/mol. The van der Waals surface area contributed by atoms with Crippen molar-refractivity contribution in [2.24, 2.45) is 0 Å². The van der Waals surface area contributed by atoms with Gasteiger partial charge >= 0.3 is 0 Å². The third-order valence-corrected chi connectivity index (χ3v) is 4.81. The number of hydrogen-bond acceptors (Lipinski definition) is 6. The number of aryl methyl sites for hydroxylation is 1. The minimum Gasteiger partial charge on any atom is -0.374 e. The van der Waals surface area contributed by atoms with Crippen LogP contribution < -0.4 is 0 Å². The Morgan fingerprint density at radius 1 is 1.42 bits per heavy atom. The molecule has 0 unspecified atom stereocenters. The van der Waals surface area contributed by atoms with Crippen LogP contribution in [0, 0.1) is 6.92 Å². The Morgan fingerprint density at radius 2 is 2.38 bits per heavy atom. The zero-order valence-corrected chi connectivity index (χ0v) is 13.9. The van der Waals surface area contributed by atoms with Gasteiger partial charge in [-0.15, -0.1) is 0 Å². The molecular formula is C18H23N3O3. The fourth-order valence-corrected chi connectivity index (χ4v) is 3.72. The van der Waals surface area contributed by atoms with Crippen LogP contribution in [0.4, 0.5) is 0 Å². The summed E-state index contributed by atoms with van der Waals surface area (Å²) in [7, 11) is 0. The van der Waals surface area contributed by atoms with E-state index >= 15 is 0 Å². The monoisotopic (exact) mass is 329 g/mol. The van der Waals surface area contributed by atoms with Gasteiger partial charge in [0.1, 0.15) is 11.9 Å². The van der Waals surface area contributed by atoms with Gasteiger partial charge in [0.15, 0.2) is 0 Å². The maximum atomic E-state index is 6.18. The van der Waals surface area contributed by atoms with E-state index in [0.29, 0.717) is 12.6 Å². The van der Waals surface area contributed by atoms with Crippen molar-refractivity contribution >= 4 is 0 Å². The molecule has 0 amide bonds. The van der Waals surface area contributed by atoms with Gasteiger partial charge in [-0.1, -0.05) is 11.2 Å². The van der Waals surface area contributed by atoms with Crippen molar-refractivity contribution in [1.29, 1.82) is 0 Å². The molecule has 0 spiro atoms. The maximum absolute atomic E-state index is 6.18. The molecule has 0 bridgehead atoms. The lowest BCUT2D eigenvalue weighted by atomic mass is 10.0. The van der Waals surface area contributed by atoms with Crippen molar-refractivity contribution in [1.82, 2.24) is 15.0 Å². The molecule has 0 N–H and O–H groups in total. The Morgan fingerprint density at radius 3 is 3.17 bits per heavy atom. The Balaban J connectivity index is 1.42. The van der Waals surface area contributed by atoms with Gasteiger partial charge in [-0.2, -0.15) is 0 Å². The third-order valence-electron chi connectivity index (χ3n) is 4.81. The highest BCUT2D eigenvalue weighted by atomic mass is 16.5. The number of likely N-dealkylation sites (tertiary alicyclic amines) is 1. The second-order valence-corrected chi connectivity index (χ2v) is 6.61. The second-order valence-electron chi connectivity index (χ2n) is 6.61. The Kier molecular flexibility index (Phi) is 4.60. The van der Waals surface area contributed by atoms with E-state index in [1.54, 1.807) is 6.20 Å². The smallest absolute Gasteiger partial charge is 0.133 e. The van der Waals surface area contributed by atoms with Crippen molar-refractivity contribution in [3.63, 3.8) is 0 Å². The van der Waals surface area contributed by atoms with E-state index in [2.05, 4.69) is 15.0 Å². The summed E-state index contributed by atoms with van der Waals surface area (Å²) in [6, 6.07) is 6.38. The highest BCUT2D eigenvalue weighted by Gasteiger charge is 2.44. The standard InChI is InChI=1S/C18H23N3O3/c1-13-8-15(20-24-13)10-21-11-17(18-16(21)5-3-7-22-18)23-12-14-4-2-6-19-9-14/h2,4,6,8-9,16-18H,3,5,7,10-12H2,1H3/t16-,17+,18+/m0/s1. The lowest BCUT2D eigenvalue weighted by Gasteiger charge is -2.32. The molecule has 6 nitrogen and oxygen atoms in total. The van der Waals surface area contributed by atoms with E-state index in [4.69, 9.17) is 14.0 Å². The second kappa shape index (κ2) is 7.01. The number of ether oxygens (including phenoxy) is 2. The summed E-state index contributed by atoms with van der Waals surface area (Å²) in [5, 5.41) is 4.13. The maximum Gasteiger partial charge on any atom is 0.133 e. The summed E-state index contributed by atoms with van der Waals surface area (Å²) in [4.78, 5) is 6.57. The molecule has 4 heterocycles. The SMILES string of the molecule is Cc1cc(CN2C[C@@H](OCc3cccnc3)[C@@H]3OCCC[C@@H]32)no1. The molecule has 6 heteroatoms. The molecule has 0 radical (unpaired) electrons. The van der Waals surface area contributed by atoms with Gasteiger partial charge < -0.3 is 14.0 Å². The summed E-state index contributed by atoms with van der Waals surface area (Å²) in [5.74, 6) is 0.852. The number of fused-ring (bicyclic) bond motifs is 1. The molecule has 24 heavy (non-hydrogen) atoms. The summed E-state index contributed by atoms with van der Waals surface area (Å²) in [5.41, 5.74) is 2.07. The van der Waals surface area contributed by atoms with Crippen LogP contribution in [0.1, 0.15) is 29.9 Å². The number of rotatable bonds is 5. The molecule has 2 fully saturated rings. The average molecular weight is 329 g/mol. The van der Waals surface area contributed by atoms with E-state index in [-0.39, 0.29) is 12.2 Å². The lowest BCUT2D eigenvalue weighted by molar-refractivity contribution is -0.0819. The van der Waals surface area contributed by atoms with Gasteiger partial charge in [0.25, 0.3) is 0 Å². The van der Waals surface area contributed by atoms with E-state index < -0.39 is 0 Å². The van der Waals surface area contributed by atoms with Crippen LogP contribution in [0.25, 0.3) is 0 Å². The van der Waals surface area contributed by atoms with E-state index in [0.717, 1.165) is 49.6 Å². The molecule has 0 aromatic carbocycles. The molecule has 3 atom stereocenters. The van der Waals surface area contributed by atoms with E-state index in [1.165, 1.54) is 0 Å². The molecule has 2 aliphatic rings. The minimum absolute atomic E-state index is 0.0866. The van der Waals surface area contributed by atoms with E-state index in [1.807, 2.05) is 31.3 Å². The fourth-order valence-electron chi connectivity index (χ4n) is 3.72. The average Bonchev–Trinajstić information content (AvgIpc) is 3.18. The molecule has 2 aromatic rings. The van der Waals surface area contributed by atoms with Gasteiger partial charge in [-0.3, -0.25) is 9.88 Å². The van der Waals surface area contributed by atoms with Crippen molar-refractivity contribution in [3.05, 3.63) is 47.6 Å². The Hall–Kier alpha value is -1.76. The Bertz CT molecular complexity index is 661. The normalized spacial score (nSPS) is 27.3. The summed E-state index contributed by atoms with van der Waals surface area (Å²) >= 11 is 0. The molecular weight excluding hydrogens is 306 g/mol. The molecule has 2 aromatic heterocycles. The number of pyridine rings is 1. The van der Waals surface area contributed by atoms with Gasteiger partial charge in [0, 0.05) is 44.2 Å². The topological polar surface area (TPSA) is 60.6 Å². The first-order valence-corrected chi connectivity index (χ1v) is 8.58. The van der Waals surface area contributed by atoms with Crippen LogP contribution >= 0.6 is 0 Å². The number of hydrogen-bond donors (Lipinski definition) is 0. The first-order chi connectivity index (χ1) is 11.8. The molecule has 0 saturated carbocycles.